The number of benzene rings is 1. The molecule has 104 valence electrons. The molecule has 0 aliphatic rings. The number of aromatic amines is 1. The van der Waals surface area contributed by atoms with E-state index in [2.05, 4.69) is 16.4 Å². The quantitative estimate of drug-likeness (QED) is 0.809. The number of aromatic nitrogens is 1. The van der Waals surface area contributed by atoms with Crippen LogP contribution in [0.3, 0.4) is 0 Å². The molecule has 0 fully saturated rings. The molecule has 0 saturated heterocycles. The lowest BCUT2D eigenvalue weighted by molar-refractivity contribution is -0.119. The van der Waals surface area contributed by atoms with Crippen molar-refractivity contribution in [2.24, 2.45) is 11.7 Å². The predicted octanol–water partition coefficient (Wildman–Crippen LogP) is 2.82. The molecule has 0 bridgehead atoms. The largest absolute Gasteiger partial charge is 0.359 e. The monoisotopic (exact) mass is 281 g/mol. The first-order chi connectivity index (χ1) is 8.47. The summed E-state index contributed by atoms with van der Waals surface area (Å²) in [4.78, 5) is 15.1. The number of anilines is 1. The zero-order valence-electron chi connectivity index (χ0n) is 11.4. The van der Waals surface area contributed by atoms with Crippen LogP contribution < -0.4 is 11.1 Å². The fourth-order valence-electron chi connectivity index (χ4n) is 1.85. The van der Waals surface area contributed by atoms with E-state index in [4.69, 9.17) is 5.73 Å². The van der Waals surface area contributed by atoms with Gasteiger partial charge in [0.05, 0.1) is 5.92 Å². The Morgan fingerprint density at radius 2 is 2.00 bits per heavy atom. The van der Waals surface area contributed by atoms with Crippen LogP contribution in [0.5, 0.6) is 0 Å². The van der Waals surface area contributed by atoms with E-state index in [9.17, 15) is 4.79 Å². The number of aryl methyl sites for hydroxylation is 1. The number of halogens is 1. The number of hydrogen-bond donors (Lipinski definition) is 3. The third kappa shape index (κ3) is 3.49. The molecule has 1 amide bonds. The van der Waals surface area contributed by atoms with Crippen LogP contribution in [-0.4, -0.2) is 16.9 Å². The van der Waals surface area contributed by atoms with Crippen LogP contribution in [0.25, 0.3) is 10.9 Å². The summed E-state index contributed by atoms with van der Waals surface area (Å²) < 4.78 is 0. The highest BCUT2D eigenvalue weighted by molar-refractivity contribution is 5.95. The fraction of sp³-hybridized carbons (Fsp3) is 0.357. The molecule has 0 spiro atoms. The predicted molar refractivity (Wildman–Crippen MR) is 81.7 cm³/mol. The molecule has 4 N–H and O–H groups in total. The third-order valence-electron chi connectivity index (χ3n) is 3.23. The highest BCUT2D eigenvalue weighted by Gasteiger charge is 2.17. The summed E-state index contributed by atoms with van der Waals surface area (Å²) in [5, 5.41) is 3.99. The number of H-pyrrole nitrogens is 1. The molecule has 19 heavy (non-hydrogen) atoms. The van der Waals surface area contributed by atoms with E-state index in [1.165, 1.54) is 0 Å². The van der Waals surface area contributed by atoms with Crippen molar-refractivity contribution in [1.29, 1.82) is 0 Å². The molecule has 1 heterocycles. The van der Waals surface area contributed by atoms with Gasteiger partial charge >= 0.3 is 0 Å². The Balaban J connectivity index is 0.00000180. The van der Waals surface area contributed by atoms with Crippen molar-refractivity contribution in [3.05, 3.63) is 30.0 Å². The van der Waals surface area contributed by atoms with Gasteiger partial charge in [-0.25, -0.2) is 0 Å². The van der Waals surface area contributed by atoms with Crippen LogP contribution in [-0.2, 0) is 4.79 Å². The SMILES string of the molecule is Cc1cc2cc(NC(=O)C(C)C(C)N)ccc2[nH]1.Cl. The van der Waals surface area contributed by atoms with E-state index >= 15 is 0 Å². The van der Waals surface area contributed by atoms with E-state index in [1.54, 1.807) is 0 Å². The summed E-state index contributed by atoms with van der Waals surface area (Å²) in [5.41, 5.74) is 8.71. The molecule has 0 radical (unpaired) electrons. The van der Waals surface area contributed by atoms with Crippen LogP contribution in [0.4, 0.5) is 5.69 Å². The second kappa shape index (κ2) is 6.08. The van der Waals surface area contributed by atoms with Crippen LogP contribution >= 0.6 is 12.4 Å². The lowest BCUT2D eigenvalue weighted by Crippen LogP contribution is -2.34. The first-order valence-corrected chi connectivity index (χ1v) is 6.13. The molecule has 1 aromatic heterocycles. The number of carbonyl (C=O) groups is 1. The third-order valence-corrected chi connectivity index (χ3v) is 3.23. The number of carbonyl (C=O) groups excluding carboxylic acids is 1. The Morgan fingerprint density at radius 1 is 1.32 bits per heavy atom. The molecular weight excluding hydrogens is 262 g/mol. The molecule has 0 aliphatic carbocycles. The molecule has 2 atom stereocenters. The van der Waals surface area contributed by atoms with Gasteiger partial charge in [0.1, 0.15) is 0 Å². The van der Waals surface area contributed by atoms with Gasteiger partial charge in [-0.2, -0.15) is 0 Å². The molecule has 2 aromatic rings. The van der Waals surface area contributed by atoms with Gasteiger partial charge in [0.15, 0.2) is 0 Å². The van der Waals surface area contributed by atoms with Gasteiger partial charge in [-0.1, -0.05) is 6.92 Å². The number of fused-ring (bicyclic) bond motifs is 1. The van der Waals surface area contributed by atoms with Crippen molar-refractivity contribution >= 4 is 34.9 Å². The number of hydrogen-bond acceptors (Lipinski definition) is 2. The maximum Gasteiger partial charge on any atom is 0.228 e. The summed E-state index contributed by atoms with van der Waals surface area (Å²) >= 11 is 0. The van der Waals surface area contributed by atoms with E-state index in [0.717, 1.165) is 22.3 Å². The highest BCUT2D eigenvalue weighted by Crippen LogP contribution is 2.20. The number of nitrogens with one attached hydrogen (secondary N) is 2. The van der Waals surface area contributed by atoms with Crippen molar-refractivity contribution in [3.63, 3.8) is 0 Å². The normalized spacial score (nSPS) is 13.7. The molecule has 0 saturated carbocycles. The van der Waals surface area contributed by atoms with Gasteiger partial charge in [-0.3, -0.25) is 4.79 Å². The smallest absolute Gasteiger partial charge is 0.228 e. The zero-order valence-corrected chi connectivity index (χ0v) is 12.2. The molecule has 4 nitrogen and oxygen atoms in total. The molecule has 1 aromatic carbocycles. The summed E-state index contributed by atoms with van der Waals surface area (Å²) in [6.45, 7) is 5.68. The van der Waals surface area contributed by atoms with Crippen LogP contribution in [0, 0.1) is 12.8 Å². The molecule has 2 rings (SSSR count). The van der Waals surface area contributed by atoms with Gasteiger partial charge in [0, 0.05) is 28.3 Å². The van der Waals surface area contributed by atoms with Crippen molar-refractivity contribution in [2.45, 2.75) is 26.8 Å². The Bertz CT molecular complexity index is 577. The topological polar surface area (TPSA) is 70.9 Å². The lowest BCUT2D eigenvalue weighted by Gasteiger charge is -2.15. The van der Waals surface area contributed by atoms with Crippen LogP contribution in [0.1, 0.15) is 19.5 Å². The van der Waals surface area contributed by atoms with Gasteiger partial charge in [-0.05, 0) is 38.1 Å². The first-order valence-electron chi connectivity index (χ1n) is 6.13. The summed E-state index contributed by atoms with van der Waals surface area (Å²) in [6, 6.07) is 7.73. The van der Waals surface area contributed by atoms with Crippen molar-refractivity contribution < 1.29 is 4.79 Å². The average Bonchev–Trinajstić information content (AvgIpc) is 2.67. The van der Waals surface area contributed by atoms with Gasteiger partial charge < -0.3 is 16.0 Å². The Morgan fingerprint density at radius 3 is 2.63 bits per heavy atom. The van der Waals surface area contributed by atoms with Crippen molar-refractivity contribution in [1.82, 2.24) is 4.98 Å². The van der Waals surface area contributed by atoms with Gasteiger partial charge in [0.2, 0.25) is 5.91 Å². The summed E-state index contributed by atoms with van der Waals surface area (Å²) in [7, 11) is 0. The Labute approximate surface area is 119 Å². The minimum Gasteiger partial charge on any atom is -0.359 e. The van der Waals surface area contributed by atoms with Crippen molar-refractivity contribution in [3.8, 4) is 0 Å². The maximum atomic E-state index is 11.9. The molecular formula is C14H20ClN3O. The summed E-state index contributed by atoms with van der Waals surface area (Å²) in [5.74, 6) is -0.245. The van der Waals surface area contributed by atoms with Gasteiger partial charge in [0.25, 0.3) is 0 Å². The second-order valence-corrected chi connectivity index (χ2v) is 4.89. The number of amides is 1. The Kier molecular flexibility index (Phi) is 4.97. The molecule has 2 unspecified atom stereocenters. The zero-order chi connectivity index (χ0) is 13.3. The molecule has 0 aliphatic heterocycles. The van der Waals surface area contributed by atoms with Crippen LogP contribution in [0.2, 0.25) is 0 Å². The van der Waals surface area contributed by atoms with E-state index in [-0.39, 0.29) is 30.3 Å². The maximum absolute atomic E-state index is 11.9. The highest BCUT2D eigenvalue weighted by atomic mass is 35.5. The van der Waals surface area contributed by atoms with E-state index in [0.29, 0.717) is 0 Å². The Hall–Kier alpha value is -1.52. The standard InChI is InChI=1S/C14H19N3O.ClH/c1-8-6-11-7-12(4-5-13(11)16-8)17-14(18)9(2)10(3)15;/h4-7,9-10,16H,15H2,1-3H3,(H,17,18);1H. The van der Waals surface area contributed by atoms with E-state index < -0.39 is 0 Å². The lowest BCUT2D eigenvalue weighted by atomic mass is 10.0. The van der Waals surface area contributed by atoms with Crippen molar-refractivity contribution in [2.75, 3.05) is 5.32 Å². The van der Waals surface area contributed by atoms with Gasteiger partial charge in [-0.15, -0.1) is 12.4 Å². The van der Waals surface area contributed by atoms with Crippen LogP contribution in [0.15, 0.2) is 24.3 Å². The number of nitrogens with two attached hydrogens (primary N) is 1. The number of rotatable bonds is 3. The summed E-state index contributed by atoms with van der Waals surface area (Å²) in [6.07, 6.45) is 0. The van der Waals surface area contributed by atoms with E-state index in [1.807, 2.05) is 39.0 Å². The minimum atomic E-state index is -0.200. The minimum absolute atomic E-state index is 0. The average molecular weight is 282 g/mol. The molecule has 5 heteroatoms. The first kappa shape index (κ1) is 15.5. The second-order valence-electron chi connectivity index (χ2n) is 4.89. The fourth-order valence-corrected chi connectivity index (χ4v) is 1.85.